The predicted octanol–water partition coefficient (Wildman–Crippen LogP) is 0.486. The van der Waals surface area contributed by atoms with Gasteiger partial charge in [0.05, 0.1) is 18.4 Å². The maximum absolute atomic E-state index is 10.3. The summed E-state index contributed by atoms with van der Waals surface area (Å²) in [4.78, 5) is 4.11. The number of hydrogen-bond donors (Lipinski definition) is 3. The highest BCUT2D eigenvalue weighted by Crippen LogP contribution is 2.19. The normalized spacial score (nSPS) is 19.2. The number of guanidine groups is 1. The van der Waals surface area contributed by atoms with Crippen LogP contribution in [0.25, 0.3) is 0 Å². The van der Waals surface area contributed by atoms with Gasteiger partial charge in [-0.2, -0.15) is 0 Å². The Morgan fingerprint density at radius 3 is 2.84 bits per heavy atom. The first kappa shape index (κ1) is 13.9. The Morgan fingerprint density at radius 1 is 1.42 bits per heavy atom. The standard InChI is InChI=1S/C13H21N3O3/c1-14-12(15-9-11-3-2-6-19-11)16-10-13(17)4-7-18-8-5-13/h2-3,6,17H,4-5,7-10H2,1H3,(H2,14,15,16). The summed E-state index contributed by atoms with van der Waals surface area (Å²) in [5.41, 5.74) is -0.708. The molecule has 1 fully saturated rings. The second-order valence-electron chi connectivity index (χ2n) is 4.70. The summed E-state index contributed by atoms with van der Waals surface area (Å²) in [5.74, 6) is 1.49. The smallest absolute Gasteiger partial charge is 0.191 e. The molecule has 0 saturated carbocycles. The van der Waals surface area contributed by atoms with Gasteiger partial charge in [-0.05, 0) is 12.1 Å². The highest BCUT2D eigenvalue weighted by molar-refractivity contribution is 5.79. The van der Waals surface area contributed by atoms with E-state index in [2.05, 4.69) is 15.6 Å². The van der Waals surface area contributed by atoms with E-state index in [1.807, 2.05) is 12.1 Å². The summed E-state index contributed by atoms with van der Waals surface area (Å²) in [5, 5.41) is 16.6. The van der Waals surface area contributed by atoms with Crippen LogP contribution in [0.2, 0.25) is 0 Å². The molecule has 3 N–H and O–H groups in total. The topological polar surface area (TPSA) is 79.0 Å². The van der Waals surface area contributed by atoms with E-state index < -0.39 is 5.60 Å². The lowest BCUT2D eigenvalue weighted by Crippen LogP contribution is -2.49. The van der Waals surface area contributed by atoms with E-state index in [1.54, 1.807) is 13.3 Å². The van der Waals surface area contributed by atoms with E-state index in [0.717, 1.165) is 5.76 Å². The molecule has 1 aromatic rings. The van der Waals surface area contributed by atoms with Crippen molar-refractivity contribution >= 4 is 5.96 Å². The van der Waals surface area contributed by atoms with Crippen molar-refractivity contribution in [1.82, 2.24) is 10.6 Å². The van der Waals surface area contributed by atoms with Crippen molar-refractivity contribution in [2.75, 3.05) is 26.8 Å². The van der Waals surface area contributed by atoms with Crippen LogP contribution < -0.4 is 10.6 Å². The van der Waals surface area contributed by atoms with Gasteiger partial charge in [-0.25, -0.2) is 0 Å². The van der Waals surface area contributed by atoms with Gasteiger partial charge in [0.1, 0.15) is 5.76 Å². The Morgan fingerprint density at radius 2 is 2.21 bits per heavy atom. The molecule has 0 spiro atoms. The number of aliphatic hydroxyl groups is 1. The van der Waals surface area contributed by atoms with Crippen molar-refractivity contribution in [2.45, 2.75) is 25.0 Å². The monoisotopic (exact) mass is 267 g/mol. The zero-order chi connectivity index (χ0) is 13.6. The van der Waals surface area contributed by atoms with Crippen molar-refractivity contribution in [2.24, 2.45) is 4.99 Å². The summed E-state index contributed by atoms with van der Waals surface area (Å²) in [6.07, 6.45) is 2.93. The Balaban J connectivity index is 1.76. The van der Waals surface area contributed by atoms with Crippen LogP contribution >= 0.6 is 0 Å². The number of aliphatic imine (C=N–C) groups is 1. The van der Waals surface area contributed by atoms with E-state index >= 15 is 0 Å². The molecular formula is C13H21N3O3. The molecule has 19 heavy (non-hydrogen) atoms. The molecule has 6 nitrogen and oxygen atoms in total. The van der Waals surface area contributed by atoms with Crippen LogP contribution in [0.1, 0.15) is 18.6 Å². The number of hydrogen-bond acceptors (Lipinski definition) is 4. The first-order chi connectivity index (χ1) is 9.22. The van der Waals surface area contributed by atoms with Crippen molar-refractivity contribution < 1.29 is 14.3 Å². The number of rotatable bonds is 4. The Kier molecular flexibility index (Phi) is 4.81. The highest BCUT2D eigenvalue weighted by Gasteiger charge is 2.29. The molecule has 0 atom stereocenters. The maximum atomic E-state index is 10.3. The number of nitrogens with one attached hydrogen (secondary N) is 2. The molecule has 106 valence electrons. The lowest BCUT2D eigenvalue weighted by atomic mass is 9.94. The van der Waals surface area contributed by atoms with Crippen molar-refractivity contribution in [3.05, 3.63) is 24.2 Å². The maximum Gasteiger partial charge on any atom is 0.191 e. The van der Waals surface area contributed by atoms with E-state index in [0.29, 0.717) is 45.1 Å². The van der Waals surface area contributed by atoms with Crippen LogP contribution in [0.4, 0.5) is 0 Å². The molecule has 6 heteroatoms. The highest BCUT2D eigenvalue weighted by atomic mass is 16.5. The van der Waals surface area contributed by atoms with E-state index in [4.69, 9.17) is 9.15 Å². The molecule has 2 heterocycles. The zero-order valence-corrected chi connectivity index (χ0v) is 11.2. The van der Waals surface area contributed by atoms with Gasteiger partial charge >= 0.3 is 0 Å². The third kappa shape index (κ3) is 4.25. The van der Waals surface area contributed by atoms with E-state index in [9.17, 15) is 5.11 Å². The molecule has 1 aliphatic rings. The fourth-order valence-corrected chi connectivity index (χ4v) is 1.98. The molecule has 2 rings (SSSR count). The second kappa shape index (κ2) is 6.58. The Labute approximate surface area is 112 Å². The first-order valence-corrected chi connectivity index (χ1v) is 6.49. The fourth-order valence-electron chi connectivity index (χ4n) is 1.98. The second-order valence-corrected chi connectivity index (χ2v) is 4.70. The SMILES string of the molecule is CN=C(NCc1ccco1)NCC1(O)CCOCC1. The Hall–Kier alpha value is -1.53. The van der Waals surface area contributed by atoms with Gasteiger partial charge in [-0.1, -0.05) is 0 Å². The van der Waals surface area contributed by atoms with Crippen molar-refractivity contribution in [3.63, 3.8) is 0 Å². The average molecular weight is 267 g/mol. The van der Waals surface area contributed by atoms with Crippen LogP contribution in [0.3, 0.4) is 0 Å². The predicted molar refractivity (Wildman–Crippen MR) is 71.9 cm³/mol. The molecule has 0 bridgehead atoms. The molecule has 0 unspecified atom stereocenters. The number of ether oxygens (including phenoxy) is 1. The number of nitrogens with zero attached hydrogens (tertiary/aromatic N) is 1. The summed E-state index contributed by atoms with van der Waals surface area (Å²) < 4.78 is 10.5. The number of furan rings is 1. The van der Waals surface area contributed by atoms with Gasteiger partial charge in [0.15, 0.2) is 5.96 Å². The lowest BCUT2D eigenvalue weighted by molar-refractivity contribution is -0.0594. The van der Waals surface area contributed by atoms with Crippen LogP contribution in [-0.4, -0.2) is 43.5 Å². The summed E-state index contributed by atoms with van der Waals surface area (Å²) >= 11 is 0. The minimum Gasteiger partial charge on any atom is -0.467 e. The molecule has 1 saturated heterocycles. The molecule has 0 radical (unpaired) electrons. The van der Waals surface area contributed by atoms with Crippen molar-refractivity contribution in [3.8, 4) is 0 Å². The average Bonchev–Trinajstić information content (AvgIpc) is 2.93. The molecule has 1 aromatic heterocycles. The quantitative estimate of drug-likeness (QED) is 0.546. The van der Waals surface area contributed by atoms with Gasteiger partial charge in [0.2, 0.25) is 0 Å². The fraction of sp³-hybridized carbons (Fsp3) is 0.615. The van der Waals surface area contributed by atoms with Gasteiger partial charge in [0.25, 0.3) is 0 Å². The van der Waals surface area contributed by atoms with Gasteiger partial charge in [-0.3, -0.25) is 4.99 Å². The van der Waals surface area contributed by atoms with Gasteiger partial charge < -0.3 is 24.9 Å². The van der Waals surface area contributed by atoms with E-state index in [-0.39, 0.29) is 0 Å². The molecule has 1 aliphatic heterocycles. The Bertz CT molecular complexity index is 397. The third-order valence-electron chi connectivity index (χ3n) is 3.24. The van der Waals surface area contributed by atoms with E-state index in [1.165, 1.54) is 0 Å². The van der Waals surface area contributed by atoms with Gasteiger partial charge in [-0.15, -0.1) is 0 Å². The van der Waals surface area contributed by atoms with Gasteiger partial charge in [0, 0.05) is 39.6 Å². The van der Waals surface area contributed by atoms with Crippen LogP contribution in [-0.2, 0) is 11.3 Å². The summed E-state index contributed by atoms with van der Waals surface area (Å²) in [6.45, 7) is 2.25. The molecule has 0 aliphatic carbocycles. The molecule has 0 aromatic carbocycles. The van der Waals surface area contributed by atoms with Crippen LogP contribution in [0.15, 0.2) is 27.8 Å². The summed E-state index contributed by atoms with van der Waals surface area (Å²) in [7, 11) is 1.70. The van der Waals surface area contributed by atoms with Crippen LogP contribution in [0.5, 0.6) is 0 Å². The largest absolute Gasteiger partial charge is 0.467 e. The molecule has 0 amide bonds. The first-order valence-electron chi connectivity index (χ1n) is 6.49. The van der Waals surface area contributed by atoms with Crippen molar-refractivity contribution in [1.29, 1.82) is 0 Å². The molecular weight excluding hydrogens is 246 g/mol. The minimum atomic E-state index is -0.708. The summed E-state index contributed by atoms with van der Waals surface area (Å²) in [6, 6.07) is 3.74. The van der Waals surface area contributed by atoms with Crippen LogP contribution in [0, 0.1) is 0 Å². The zero-order valence-electron chi connectivity index (χ0n) is 11.2. The third-order valence-corrected chi connectivity index (χ3v) is 3.24. The minimum absolute atomic E-state index is 0.466. The lowest BCUT2D eigenvalue weighted by Gasteiger charge is -2.32.